The van der Waals surface area contributed by atoms with Gasteiger partial charge in [0.1, 0.15) is 0 Å². The van der Waals surface area contributed by atoms with E-state index in [1.54, 1.807) is 0 Å². The van der Waals surface area contributed by atoms with Crippen molar-refractivity contribution in [3.05, 3.63) is 157 Å². The van der Waals surface area contributed by atoms with Crippen LogP contribution in [0.3, 0.4) is 0 Å². The Hall–Kier alpha value is -6.96. The first-order valence-corrected chi connectivity index (χ1v) is 21.0. The summed E-state index contributed by atoms with van der Waals surface area (Å²) >= 11 is 0. The van der Waals surface area contributed by atoms with Gasteiger partial charge in [-0.2, -0.15) is 0 Å². The van der Waals surface area contributed by atoms with Crippen LogP contribution in [-0.2, 0) is 4.74 Å². The van der Waals surface area contributed by atoms with E-state index in [4.69, 9.17) is 4.74 Å². The molecular weight excluding hydrogens is 749 g/mol. The Bertz CT molecular complexity index is 2780. The van der Waals surface area contributed by atoms with Crippen molar-refractivity contribution in [1.29, 1.82) is 0 Å². The largest absolute Gasteiger partial charge is 0.378 e. The molecule has 0 saturated carbocycles. The van der Waals surface area contributed by atoms with Crippen LogP contribution >= 0.6 is 0 Å². The summed E-state index contributed by atoms with van der Waals surface area (Å²) in [5.41, 5.74) is 18.7. The summed E-state index contributed by atoms with van der Waals surface area (Å²) in [5, 5.41) is 2.41. The van der Waals surface area contributed by atoms with E-state index >= 15 is 0 Å². The molecule has 2 aliphatic rings. The van der Waals surface area contributed by atoms with Crippen LogP contribution < -0.4 is 19.6 Å². The van der Waals surface area contributed by atoms with E-state index in [9.17, 15) is 0 Å². The minimum atomic E-state index is -0.417. The number of aromatic nitrogens is 2. The second-order valence-corrected chi connectivity index (χ2v) is 17.1. The highest BCUT2D eigenvalue weighted by atomic mass is 16.5. The summed E-state index contributed by atoms with van der Waals surface area (Å²) in [7, 11) is 16.7. The van der Waals surface area contributed by atoms with Crippen molar-refractivity contribution >= 4 is 56.7 Å². The van der Waals surface area contributed by atoms with Gasteiger partial charge in [-0.3, -0.25) is 0 Å². The van der Waals surface area contributed by atoms with Crippen LogP contribution in [0.4, 0.5) is 22.7 Å². The SMILES string of the molecule is CN(C)c1ccc(-c2c(-c3ccc(N(C)C)cc3)n3c4c(cccc24)C=CC3OC2C=Cc3cccc4c(-c5ccc(N(C)C)cc5)c(-c5ccc(N(C)C)cc5)n2c34)cc1. The third-order valence-electron chi connectivity index (χ3n) is 12.4. The molecule has 0 fully saturated rings. The Balaban J connectivity index is 1.19. The van der Waals surface area contributed by atoms with Crippen LogP contribution in [0, 0.1) is 0 Å². The number of anilines is 4. The number of hydrogen-bond acceptors (Lipinski definition) is 5. The third-order valence-corrected chi connectivity index (χ3v) is 12.4. The molecule has 0 saturated heterocycles. The fourth-order valence-electron chi connectivity index (χ4n) is 9.30. The van der Waals surface area contributed by atoms with E-state index in [1.807, 2.05) is 0 Å². The zero-order valence-corrected chi connectivity index (χ0v) is 36.3. The minimum absolute atomic E-state index is 0.417. The number of para-hydroxylation sites is 2. The van der Waals surface area contributed by atoms with Crippen LogP contribution in [-0.4, -0.2) is 65.5 Å². The summed E-state index contributed by atoms with van der Waals surface area (Å²) < 4.78 is 12.5. The van der Waals surface area contributed by atoms with Crippen molar-refractivity contribution in [2.45, 2.75) is 12.5 Å². The Morgan fingerprint density at radius 2 is 0.689 bits per heavy atom. The summed E-state index contributed by atoms with van der Waals surface area (Å²) in [4.78, 5) is 8.60. The van der Waals surface area contributed by atoms with Crippen molar-refractivity contribution in [3.8, 4) is 44.8 Å². The maximum Gasteiger partial charge on any atom is 0.157 e. The number of benzene rings is 6. The van der Waals surface area contributed by atoms with Crippen molar-refractivity contribution in [1.82, 2.24) is 9.13 Å². The van der Waals surface area contributed by atoms with Gasteiger partial charge in [0, 0.05) is 101 Å². The summed E-state index contributed by atoms with van der Waals surface area (Å²) in [6, 6.07) is 49.2. The zero-order valence-electron chi connectivity index (χ0n) is 36.3. The third kappa shape index (κ3) is 6.39. The summed E-state index contributed by atoms with van der Waals surface area (Å²) in [6.07, 6.45) is 8.13. The monoisotopic (exact) mass is 800 g/mol. The quantitative estimate of drug-likeness (QED) is 0.138. The van der Waals surface area contributed by atoms with Crippen LogP contribution in [0.5, 0.6) is 0 Å². The number of ether oxygens (including phenoxy) is 1. The van der Waals surface area contributed by atoms with Crippen LogP contribution in [0.15, 0.2) is 146 Å². The highest BCUT2D eigenvalue weighted by molar-refractivity contribution is 6.09. The van der Waals surface area contributed by atoms with Crippen molar-refractivity contribution in [3.63, 3.8) is 0 Å². The molecule has 10 rings (SSSR count). The molecule has 61 heavy (non-hydrogen) atoms. The molecule has 2 unspecified atom stereocenters. The second kappa shape index (κ2) is 14.9. The van der Waals surface area contributed by atoms with Gasteiger partial charge in [-0.05, 0) is 94.1 Å². The predicted molar refractivity (Wildman–Crippen MR) is 260 cm³/mol. The van der Waals surface area contributed by atoms with E-state index < -0.39 is 12.5 Å². The minimum Gasteiger partial charge on any atom is -0.378 e. The average Bonchev–Trinajstić information content (AvgIpc) is 3.81. The molecule has 0 aliphatic carbocycles. The first-order chi connectivity index (χ1) is 29.6. The van der Waals surface area contributed by atoms with E-state index in [0.29, 0.717) is 0 Å². The lowest BCUT2D eigenvalue weighted by Crippen LogP contribution is -2.22. The van der Waals surface area contributed by atoms with Gasteiger partial charge in [0.25, 0.3) is 0 Å². The van der Waals surface area contributed by atoms with Crippen LogP contribution in [0.1, 0.15) is 23.6 Å². The molecule has 0 N–H and O–H groups in total. The van der Waals surface area contributed by atoms with E-state index in [0.717, 1.165) is 33.9 Å². The molecule has 2 aliphatic heterocycles. The standard InChI is InChI=1S/C54H52N6O/c1-55(2)41-25-15-35(16-26-41)49-45-13-9-11-37-23-33-47(59(51(37)45)53(49)39-19-29-43(30-20-39)57(5)6)61-48-34-24-38-12-10-14-46-50(36-17-27-42(28-18-36)56(3)4)54(60(48)52(38)46)40-21-31-44(32-22-40)58(7)8/h9-34,47-48H,1-8H3. The molecule has 304 valence electrons. The van der Waals surface area contributed by atoms with Gasteiger partial charge >= 0.3 is 0 Å². The Kier molecular flexibility index (Phi) is 9.37. The first kappa shape index (κ1) is 38.3. The fourth-order valence-corrected chi connectivity index (χ4v) is 9.30. The Morgan fingerprint density at radius 3 is 1.00 bits per heavy atom. The topological polar surface area (TPSA) is 32.1 Å². The van der Waals surface area contributed by atoms with Gasteiger partial charge < -0.3 is 33.5 Å². The lowest BCUT2D eigenvalue weighted by Gasteiger charge is -2.31. The zero-order chi connectivity index (χ0) is 42.1. The molecule has 2 aromatic heterocycles. The van der Waals surface area contributed by atoms with Crippen molar-refractivity contribution in [2.75, 3.05) is 76.0 Å². The van der Waals surface area contributed by atoms with E-state index in [1.165, 1.54) is 66.6 Å². The maximum absolute atomic E-state index is 7.60. The molecule has 7 nitrogen and oxygen atoms in total. The lowest BCUT2D eigenvalue weighted by atomic mass is 9.97. The molecular formula is C54H52N6O. The lowest BCUT2D eigenvalue weighted by molar-refractivity contribution is -0.0323. The fraction of sp³-hybridized carbons (Fsp3) is 0.185. The Morgan fingerprint density at radius 1 is 0.377 bits per heavy atom. The number of rotatable bonds is 10. The molecule has 0 bridgehead atoms. The van der Waals surface area contributed by atoms with Crippen molar-refractivity contribution in [2.24, 2.45) is 0 Å². The van der Waals surface area contributed by atoms with Gasteiger partial charge in [0.05, 0.1) is 22.4 Å². The molecule has 0 amide bonds. The molecule has 0 radical (unpaired) electrons. The van der Waals surface area contributed by atoms with Gasteiger partial charge in [0.2, 0.25) is 0 Å². The highest BCUT2D eigenvalue weighted by Gasteiger charge is 2.33. The van der Waals surface area contributed by atoms with Gasteiger partial charge in [-0.25, -0.2) is 0 Å². The predicted octanol–water partition coefficient (Wildman–Crippen LogP) is 12.3. The molecule has 2 atom stereocenters. The van der Waals surface area contributed by atoms with Gasteiger partial charge in [0.15, 0.2) is 12.5 Å². The number of nitrogens with zero attached hydrogens (tertiary/aromatic N) is 6. The van der Waals surface area contributed by atoms with E-state index in [-0.39, 0.29) is 0 Å². The summed E-state index contributed by atoms with van der Waals surface area (Å²) in [5.74, 6) is 0. The molecule has 4 heterocycles. The van der Waals surface area contributed by atoms with E-state index in [2.05, 4.69) is 243 Å². The summed E-state index contributed by atoms with van der Waals surface area (Å²) in [6.45, 7) is 0. The number of hydrogen-bond donors (Lipinski definition) is 0. The highest BCUT2D eigenvalue weighted by Crippen LogP contribution is 2.50. The second-order valence-electron chi connectivity index (χ2n) is 17.1. The average molecular weight is 801 g/mol. The molecule has 6 aromatic carbocycles. The normalized spacial score (nSPS) is 15.1. The maximum atomic E-state index is 7.60. The molecule has 8 aromatic rings. The van der Waals surface area contributed by atoms with Gasteiger partial charge in [-0.1, -0.05) is 97.1 Å². The first-order valence-electron chi connectivity index (χ1n) is 21.0. The Labute approximate surface area is 359 Å². The van der Waals surface area contributed by atoms with Crippen molar-refractivity contribution < 1.29 is 4.74 Å². The van der Waals surface area contributed by atoms with Crippen LogP contribution in [0.25, 0.3) is 78.7 Å². The van der Waals surface area contributed by atoms with Crippen LogP contribution in [0.2, 0.25) is 0 Å². The molecule has 7 heteroatoms. The molecule has 0 spiro atoms. The smallest absolute Gasteiger partial charge is 0.157 e. The van der Waals surface area contributed by atoms with Gasteiger partial charge in [-0.15, -0.1) is 0 Å².